The molecule has 1 fully saturated rings. The number of nitrogens with zero attached hydrogens (tertiary/aromatic N) is 2. The van der Waals surface area contributed by atoms with Gasteiger partial charge in [0, 0.05) is 31.9 Å². The van der Waals surface area contributed by atoms with Crippen LogP contribution in [0.5, 0.6) is 5.75 Å². The normalized spacial score (nSPS) is 19.6. The van der Waals surface area contributed by atoms with Crippen LogP contribution in [0.15, 0.2) is 29.3 Å². The number of amides is 1. The monoisotopic (exact) mass is 392 g/mol. The van der Waals surface area contributed by atoms with E-state index in [1.165, 1.54) is 23.5 Å². The van der Waals surface area contributed by atoms with Crippen molar-refractivity contribution in [1.82, 2.24) is 15.5 Å². The molecule has 1 aromatic rings. The van der Waals surface area contributed by atoms with Crippen molar-refractivity contribution in [1.29, 1.82) is 0 Å². The van der Waals surface area contributed by atoms with Crippen LogP contribution in [0.1, 0.15) is 32.3 Å². The molecule has 7 heteroatoms. The Labute approximate surface area is 167 Å². The predicted octanol–water partition coefficient (Wildman–Crippen LogP) is 2.49. The molecule has 27 heavy (non-hydrogen) atoms. The molecule has 0 aliphatic carbocycles. The predicted molar refractivity (Wildman–Crippen MR) is 114 cm³/mol. The summed E-state index contributed by atoms with van der Waals surface area (Å²) in [4.78, 5) is 17.9. The molecule has 1 aliphatic heterocycles. The molecular formula is C20H32N4O2S. The maximum absolute atomic E-state index is 11.7. The van der Waals surface area contributed by atoms with Gasteiger partial charge >= 0.3 is 0 Å². The SMILES string of the molecule is CCNC(=NCc1cccc(OCC(=O)N(C)C)c1)NCC1(C)CCCS1. The van der Waals surface area contributed by atoms with Gasteiger partial charge in [-0.3, -0.25) is 4.79 Å². The van der Waals surface area contributed by atoms with Gasteiger partial charge in [0.25, 0.3) is 5.91 Å². The van der Waals surface area contributed by atoms with Crippen molar-refractivity contribution in [2.24, 2.45) is 4.99 Å². The highest BCUT2D eigenvalue weighted by Crippen LogP contribution is 2.36. The van der Waals surface area contributed by atoms with Crippen LogP contribution in [0, 0.1) is 0 Å². The molecule has 1 saturated heterocycles. The second-order valence-electron chi connectivity index (χ2n) is 7.17. The van der Waals surface area contributed by atoms with Crippen molar-refractivity contribution >= 4 is 23.6 Å². The molecule has 0 radical (unpaired) electrons. The van der Waals surface area contributed by atoms with Crippen LogP contribution in [0.4, 0.5) is 0 Å². The van der Waals surface area contributed by atoms with Gasteiger partial charge in [-0.25, -0.2) is 4.99 Å². The number of carbonyl (C=O) groups is 1. The van der Waals surface area contributed by atoms with E-state index in [1.54, 1.807) is 14.1 Å². The quantitative estimate of drug-likeness (QED) is 0.526. The van der Waals surface area contributed by atoms with E-state index in [4.69, 9.17) is 9.73 Å². The maximum Gasteiger partial charge on any atom is 0.259 e. The first-order valence-corrected chi connectivity index (χ1v) is 10.5. The molecule has 150 valence electrons. The van der Waals surface area contributed by atoms with Gasteiger partial charge in [0.05, 0.1) is 6.54 Å². The van der Waals surface area contributed by atoms with Crippen molar-refractivity contribution in [2.45, 2.75) is 38.0 Å². The lowest BCUT2D eigenvalue weighted by atomic mass is 10.1. The lowest BCUT2D eigenvalue weighted by molar-refractivity contribution is -0.130. The van der Waals surface area contributed by atoms with Crippen LogP contribution in [-0.4, -0.2) is 61.1 Å². The topological polar surface area (TPSA) is 66.0 Å². The smallest absolute Gasteiger partial charge is 0.259 e. The Morgan fingerprint density at radius 1 is 1.37 bits per heavy atom. The fraction of sp³-hybridized carbons (Fsp3) is 0.600. The van der Waals surface area contributed by atoms with E-state index in [-0.39, 0.29) is 12.5 Å². The highest BCUT2D eigenvalue weighted by Gasteiger charge is 2.29. The molecule has 2 rings (SSSR count). The van der Waals surface area contributed by atoms with Crippen LogP contribution in [0.2, 0.25) is 0 Å². The van der Waals surface area contributed by atoms with E-state index in [0.717, 1.165) is 24.6 Å². The number of aliphatic imine (C=N–C) groups is 1. The number of benzene rings is 1. The van der Waals surface area contributed by atoms with E-state index >= 15 is 0 Å². The number of hydrogen-bond acceptors (Lipinski definition) is 4. The van der Waals surface area contributed by atoms with Crippen LogP contribution >= 0.6 is 11.8 Å². The van der Waals surface area contributed by atoms with E-state index in [9.17, 15) is 4.79 Å². The summed E-state index contributed by atoms with van der Waals surface area (Å²) in [6, 6.07) is 7.74. The van der Waals surface area contributed by atoms with Crippen molar-refractivity contribution in [3.05, 3.63) is 29.8 Å². The fourth-order valence-electron chi connectivity index (χ4n) is 2.77. The summed E-state index contributed by atoms with van der Waals surface area (Å²) in [5, 5.41) is 6.79. The maximum atomic E-state index is 11.7. The molecule has 0 spiro atoms. The summed E-state index contributed by atoms with van der Waals surface area (Å²) >= 11 is 2.04. The molecule has 0 aromatic heterocycles. The Morgan fingerprint density at radius 2 is 2.19 bits per heavy atom. The van der Waals surface area contributed by atoms with Crippen molar-refractivity contribution in [3.63, 3.8) is 0 Å². The Balaban J connectivity index is 1.92. The molecule has 2 N–H and O–H groups in total. The molecule has 1 unspecified atom stereocenters. The number of thioether (sulfide) groups is 1. The third-order valence-electron chi connectivity index (χ3n) is 4.45. The summed E-state index contributed by atoms with van der Waals surface area (Å²) < 4.78 is 5.87. The van der Waals surface area contributed by atoms with Crippen molar-refractivity contribution < 1.29 is 9.53 Å². The number of nitrogens with one attached hydrogen (secondary N) is 2. The first-order chi connectivity index (χ1) is 12.9. The second-order valence-corrected chi connectivity index (χ2v) is 8.86. The Morgan fingerprint density at radius 3 is 2.85 bits per heavy atom. The third kappa shape index (κ3) is 7.33. The second kappa shape index (κ2) is 10.4. The summed E-state index contributed by atoms with van der Waals surface area (Å²) in [6.07, 6.45) is 2.54. The molecule has 1 aliphatic rings. The van der Waals surface area contributed by atoms with Gasteiger partial charge in [0.2, 0.25) is 0 Å². The Bertz CT molecular complexity index is 643. The summed E-state index contributed by atoms with van der Waals surface area (Å²) in [5.41, 5.74) is 1.04. The van der Waals surface area contributed by atoms with E-state index in [2.05, 4.69) is 24.5 Å². The van der Waals surface area contributed by atoms with Crippen LogP contribution in [0.3, 0.4) is 0 Å². The largest absolute Gasteiger partial charge is 0.484 e. The van der Waals surface area contributed by atoms with Gasteiger partial charge in [-0.2, -0.15) is 11.8 Å². The van der Waals surface area contributed by atoms with E-state index in [1.807, 2.05) is 36.0 Å². The number of likely N-dealkylation sites (N-methyl/N-ethyl adjacent to an activating group) is 1. The third-order valence-corrected chi connectivity index (χ3v) is 5.99. The zero-order valence-corrected chi connectivity index (χ0v) is 17.7. The highest BCUT2D eigenvalue weighted by molar-refractivity contribution is 8.00. The standard InChI is InChI=1S/C20H32N4O2S/c1-5-21-19(23-15-20(2)10-7-11-27-20)22-13-16-8-6-9-17(12-16)26-14-18(25)24(3)4/h6,8-9,12H,5,7,10-11,13-15H2,1-4H3,(H2,21,22,23). The lowest BCUT2D eigenvalue weighted by Crippen LogP contribution is -2.43. The highest BCUT2D eigenvalue weighted by atomic mass is 32.2. The van der Waals surface area contributed by atoms with Gasteiger partial charge in [0.1, 0.15) is 5.75 Å². The van der Waals surface area contributed by atoms with E-state index in [0.29, 0.717) is 17.0 Å². The van der Waals surface area contributed by atoms with Crippen LogP contribution in [0.25, 0.3) is 0 Å². The zero-order chi connectivity index (χ0) is 19.7. The minimum Gasteiger partial charge on any atom is -0.484 e. The van der Waals surface area contributed by atoms with E-state index < -0.39 is 0 Å². The Hall–Kier alpha value is -1.89. The molecule has 6 nitrogen and oxygen atoms in total. The molecular weight excluding hydrogens is 360 g/mol. The van der Waals surface area contributed by atoms with Gasteiger partial charge in [-0.15, -0.1) is 0 Å². The minimum atomic E-state index is -0.0599. The molecule has 0 bridgehead atoms. The van der Waals surface area contributed by atoms with Gasteiger partial charge in [0.15, 0.2) is 12.6 Å². The van der Waals surface area contributed by atoms with Gasteiger partial charge in [-0.05, 0) is 50.1 Å². The minimum absolute atomic E-state index is 0.0418. The number of guanidine groups is 1. The molecule has 0 saturated carbocycles. The molecule has 1 amide bonds. The molecule has 1 aromatic carbocycles. The number of rotatable bonds is 8. The van der Waals surface area contributed by atoms with Gasteiger partial charge in [-0.1, -0.05) is 12.1 Å². The Kier molecular flexibility index (Phi) is 8.28. The first kappa shape index (κ1) is 21.4. The fourth-order valence-corrected chi connectivity index (χ4v) is 4.01. The summed E-state index contributed by atoms with van der Waals surface area (Å²) in [7, 11) is 3.44. The average molecular weight is 393 g/mol. The van der Waals surface area contributed by atoms with Crippen molar-refractivity contribution in [2.75, 3.05) is 39.5 Å². The van der Waals surface area contributed by atoms with Gasteiger partial charge < -0.3 is 20.3 Å². The average Bonchev–Trinajstić information content (AvgIpc) is 3.09. The first-order valence-electron chi connectivity index (χ1n) is 9.50. The van der Waals surface area contributed by atoms with Crippen LogP contribution in [-0.2, 0) is 11.3 Å². The number of hydrogen-bond donors (Lipinski definition) is 2. The summed E-state index contributed by atoms with van der Waals surface area (Å²) in [5.74, 6) is 2.70. The lowest BCUT2D eigenvalue weighted by Gasteiger charge is -2.24. The van der Waals surface area contributed by atoms with Crippen molar-refractivity contribution in [3.8, 4) is 5.75 Å². The van der Waals surface area contributed by atoms with Crippen LogP contribution < -0.4 is 15.4 Å². The summed E-state index contributed by atoms with van der Waals surface area (Å²) in [6.45, 7) is 6.72. The number of ether oxygens (including phenoxy) is 1. The molecule has 1 atom stereocenters. The number of carbonyl (C=O) groups excluding carboxylic acids is 1. The zero-order valence-electron chi connectivity index (χ0n) is 16.9. The molecule has 1 heterocycles.